The molecule has 4 heteroatoms. The topological polar surface area (TPSA) is 63.3 Å². The van der Waals surface area contributed by atoms with E-state index >= 15 is 0 Å². The van der Waals surface area contributed by atoms with E-state index < -0.39 is 11.4 Å². The quantitative estimate of drug-likeness (QED) is 0.613. The Morgan fingerprint density at radius 2 is 2.18 bits per heavy atom. The van der Waals surface area contributed by atoms with Gasteiger partial charge in [-0.25, -0.2) is 0 Å². The van der Waals surface area contributed by atoms with Gasteiger partial charge in [0.05, 0.1) is 5.41 Å². The number of carbonyl (C=O) groups is 1. The molecule has 0 radical (unpaired) electrons. The van der Waals surface area contributed by atoms with Crippen LogP contribution >= 0.6 is 12.4 Å². The lowest BCUT2D eigenvalue weighted by Gasteiger charge is -2.38. The van der Waals surface area contributed by atoms with Crippen LogP contribution in [-0.2, 0) is 4.79 Å². The van der Waals surface area contributed by atoms with Gasteiger partial charge in [0.25, 0.3) is 0 Å². The fourth-order valence-corrected chi connectivity index (χ4v) is 1.29. The highest BCUT2D eigenvalue weighted by Gasteiger charge is 2.45. The fraction of sp³-hybridized carbons (Fsp3) is 0.571. The van der Waals surface area contributed by atoms with Gasteiger partial charge in [0, 0.05) is 6.54 Å². The molecule has 0 amide bonds. The lowest BCUT2D eigenvalue weighted by molar-refractivity contribution is -0.150. The first-order valence-corrected chi connectivity index (χ1v) is 3.21. The molecule has 0 aliphatic heterocycles. The minimum Gasteiger partial charge on any atom is -0.481 e. The minimum absolute atomic E-state index is 0. The Bertz CT molecular complexity index is 183. The molecule has 0 bridgehead atoms. The smallest absolute Gasteiger partial charge is 0.311 e. The molecule has 0 aromatic heterocycles. The van der Waals surface area contributed by atoms with Gasteiger partial charge < -0.3 is 10.8 Å². The number of halogens is 1. The summed E-state index contributed by atoms with van der Waals surface area (Å²) in [6, 6.07) is 0. The average Bonchev–Trinajstić information content (AvgIpc) is 1.79. The molecule has 3 nitrogen and oxygen atoms in total. The summed E-state index contributed by atoms with van der Waals surface area (Å²) in [6.07, 6.45) is 1.11. The summed E-state index contributed by atoms with van der Waals surface area (Å²) in [4.78, 5) is 10.6. The number of carboxylic acid groups (broad SMARTS) is 1. The Balaban J connectivity index is 0.000001000. The molecule has 64 valence electrons. The highest BCUT2D eigenvalue weighted by atomic mass is 35.5. The van der Waals surface area contributed by atoms with Gasteiger partial charge in [-0.15, -0.1) is 12.4 Å². The van der Waals surface area contributed by atoms with Crippen molar-refractivity contribution in [1.29, 1.82) is 0 Å². The molecule has 0 unspecified atom stereocenters. The van der Waals surface area contributed by atoms with E-state index in [4.69, 9.17) is 10.8 Å². The van der Waals surface area contributed by atoms with Crippen LogP contribution in [0.4, 0.5) is 0 Å². The van der Waals surface area contributed by atoms with Crippen LogP contribution in [0.1, 0.15) is 12.8 Å². The molecule has 0 aromatic carbocycles. The van der Waals surface area contributed by atoms with Crippen LogP contribution in [0.2, 0.25) is 0 Å². The second-order valence-corrected chi connectivity index (χ2v) is 2.89. The van der Waals surface area contributed by atoms with Crippen molar-refractivity contribution in [1.82, 2.24) is 0 Å². The van der Waals surface area contributed by atoms with Gasteiger partial charge in [-0.05, 0) is 12.8 Å². The Labute approximate surface area is 71.7 Å². The van der Waals surface area contributed by atoms with Crippen molar-refractivity contribution in [2.24, 2.45) is 11.1 Å². The number of aliphatic carboxylic acids is 1. The van der Waals surface area contributed by atoms with Crippen LogP contribution in [0.15, 0.2) is 12.2 Å². The first kappa shape index (κ1) is 10.5. The van der Waals surface area contributed by atoms with Crippen molar-refractivity contribution < 1.29 is 9.90 Å². The Hall–Kier alpha value is -0.540. The van der Waals surface area contributed by atoms with Crippen LogP contribution in [0.3, 0.4) is 0 Å². The third-order valence-electron chi connectivity index (χ3n) is 2.02. The number of nitrogens with two attached hydrogens (primary N) is 1. The zero-order valence-corrected chi connectivity index (χ0v) is 6.99. The van der Waals surface area contributed by atoms with Crippen molar-refractivity contribution in [3.8, 4) is 0 Å². The van der Waals surface area contributed by atoms with Gasteiger partial charge in [-0.3, -0.25) is 4.79 Å². The van der Waals surface area contributed by atoms with Crippen LogP contribution < -0.4 is 5.73 Å². The maximum absolute atomic E-state index is 10.6. The van der Waals surface area contributed by atoms with Crippen LogP contribution in [0.5, 0.6) is 0 Å². The molecule has 1 saturated carbocycles. The minimum atomic E-state index is -0.789. The summed E-state index contributed by atoms with van der Waals surface area (Å²) in [6.45, 7) is 3.89. The molecular formula is C7H12ClNO2. The molecule has 0 saturated heterocycles. The summed E-state index contributed by atoms with van der Waals surface area (Å²) < 4.78 is 0. The number of carboxylic acids is 1. The summed E-state index contributed by atoms with van der Waals surface area (Å²) >= 11 is 0. The van der Waals surface area contributed by atoms with Gasteiger partial charge in [0.1, 0.15) is 0 Å². The van der Waals surface area contributed by atoms with E-state index in [1.165, 1.54) is 0 Å². The third-order valence-corrected chi connectivity index (χ3v) is 2.02. The van der Waals surface area contributed by atoms with Gasteiger partial charge >= 0.3 is 5.97 Å². The molecule has 3 N–H and O–H groups in total. The lowest BCUT2D eigenvalue weighted by atomic mass is 9.66. The second-order valence-electron chi connectivity index (χ2n) is 2.89. The van der Waals surface area contributed by atoms with Crippen LogP contribution in [-0.4, -0.2) is 17.6 Å². The molecule has 0 heterocycles. The largest absolute Gasteiger partial charge is 0.481 e. The summed E-state index contributed by atoms with van der Waals surface area (Å²) in [7, 11) is 0. The van der Waals surface area contributed by atoms with Gasteiger partial charge in [-0.1, -0.05) is 12.2 Å². The average molecular weight is 178 g/mol. The van der Waals surface area contributed by atoms with E-state index in [1.807, 2.05) is 0 Å². The van der Waals surface area contributed by atoms with Crippen molar-refractivity contribution in [2.75, 3.05) is 6.54 Å². The maximum Gasteiger partial charge on any atom is 0.311 e. The molecule has 1 fully saturated rings. The highest BCUT2D eigenvalue weighted by Crippen LogP contribution is 2.43. The molecule has 1 rings (SSSR count). The first-order chi connectivity index (χ1) is 4.60. The van der Waals surface area contributed by atoms with E-state index in [0.29, 0.717) is 12.8 Å². The van der Waals surface area contributed by atoms with E-state index in [9.17, 15) is 4.79 Å². The SMILES string of the molecule is C=C1CC(CN)(C(=O)O)C1.Cl. The first-order valence-electron chi connectivity index (χ1n) is 3.21. The summed E-state index contributed by atoms with van der Waals surface area (Å²) in [5.41, 5.74) is 5.63. The molecule has 0 atom stereocenters. The van der Waals surface area contributed by atoms with Crippen molar-refractivity contribution in [3.05, 3.63) is 12.2 Å². The van der Waals surface area contributed by atoms with Crippen molar-refractivity contribution >= 4 is 18.4 Å². The van der Waals surface area contributed by atoms with Crippen molar-refractivity contribution in [3.63, 3.8) is 0 Å². The molecule has 1 aliphatic rings. The van der Waals surface area contributed by atoms with Gasteiger partial charge in [0.2, 0.25) is 0 Å². The van der Waals surface area contributed by atoms with Gasteiger partial charge in [-0.2, -0.15) is 0 Å². The molecule has 0 spiro atoms. The standard InChI is InChI=1S/C7H11NO2.ClH/c1-5-2-7(3-5,4-8)6(9)10;/h1-4,8H2,(H,9,10);1H. The van der Waals surface area contributed by atoms with E-state index in [1.54, 1.807) is 0 Å². The summed E-state index contributed by atoms with van der Waals surface area (Å²) in [5.74, 6) is -0.789. The van der Waals surface area contributed by atoms with Crippen molar-refractivity contribution in [2.45, 2.75) is 12.8 Å². The zero-order valence-electron chi connectivity index (χ0n) is 6.17. The number of hydrogen-bond acceptors (Lipinski definition) is 2. The fourth-order valence-electron chi connectivity index (χ4n) is 1.29. The molecular weight excluding hydrogens is 166 g/mol. The molecule has 11 heavy (non-hydrogen) atoms. The molecule has 0 aromatic rings. The lowest BCUT2D eigenvalue weighted by Crippen LogP contribution is -2.45. The zero-order chi connectivity index (χ0) is 7.78. The maximum atomic E-state index is 10.6. The Kier molecular flexibility index (Phi) is 3.08. The number of rotatable bonds is 2. The van der Waals surface area contributed by atoms with E-state index in [2.05, 4.69) is 6.58 Å². The van der Waals surface area contributed by atoms with Crippen LogP contribution in [0.25, 0.3) is 0 Å². The summed E-state index contributed by atoms with van der Waals surface area (Å²) in [5, 5.41) is 8.68. The van der Waals surface area contributed by atoms with E-state index in [-0.39, 0.29) is 19.0 Å². The highest BCUT2D eigenvalue weighted by molar-refractivity contribution is 5.85. The van der Waals surface area contributed by atoms with E-state index in [0.717, 1.165) is 5.57 Å². The van der Waals surface area contributed by atoms with Gasteiger partial charge in [0.15, 0.2) is 0 Å². The Morgan fingerprint density at radius 3 is 2.27 bits per heavy atom. The predicted molar refractivity (Wildman–Crippen MR) is 44.7 cm³/mol. The second kappa shape index (κ2) is 3.24. The number of hydrogen-bond donors (Lipinski definition) is 2. The molecule has 1 aliphatic carbocycles. The normalized spacial score (nSPS) is 19.9. The van der Waals surface area contributed by atoms with Crippen LogP contribution in [0, 0.1) is 5.41 Å². The Morgan fingerprint density at radius 1 is 1.73 bits per heavy atom. The predicted octanol–water partition coefficient (Wildman–Crippen LogP) is 0.788. The third kappa shape index (κ3) is 1.54. The number of allylic oxidation sites excluding steroid dienone is 1. The monoisotopic (exact) mass is 177 g/mol.